The summed E-state index contributed by atoms with van der Waals surface area (Å²) >= 11 is 0. The monoisotopic (exact) mass is 182 g/mol. The molecule has 0 nitrogen and oxygen atoms in total. The Bertz CT molecular complexity index is 144. The first-order valence-electron chi connectivity index (χ1n) is 5.67. The third-order valence-corrected chi connectivity index (χ3v) is 3.27. The summed E-state index contributed by atoms with van der Waals surface area (Å²) in [5.41, 5.74) is 0. The molecule has 0 bridgehead atoms. The Labute approximate surface area is 84.4 Å². The second-order valence-electron chi connectivity index (χ2n) is 4.73. The van der Waals surface area contributed by atoms with Crippen LogP contribution >= 0.6 is 0 Å². The quantitative estimate of drug-likeness (QED) is 0.548. The maximum Gasteiger partial charge on any atom is -0.0234 e. The van der Waals surface area contributed by atoms with Gasteiger partial charge in [-0.3, -0.25) is 0 Å². The molecular formula is C13H26. The summed E-state index contributed by atoms with van der Waals surface area (Å²) in [6.45, 7) is 13.8. The van der Waals surface area contributed by atoms with Gasteiger partial charge in [0, 0.05) is 0 Å². The van der Waals surface area contributed by atoms with Gasteiger partial charge in [-0.15, -0.1) is 0 Å². The Morgan fingerprint density at radius 2 is 1.46 bits per heavy atom. The first-order chi connectivity index (χ1) is 5.99. The van der Waals surface area contributed by atoms with Crippen LogP contribution < -0.4 is 0 Å². The fraction of sp³-hybridized carbons (Fsp3) is 0.846. The van der Waals surface area contributed by atoms with E-state index in [-0.39, 0.29) is 0 Å². The first kappa shape index (κ1) is 12.7. The van der Waals surface area contributed by atoms with E-state index in [1.807, 2.05) is 0 Å². The molecule has 0 aliphatic heterocycles. The van der Waals surface area contributed by atoms with E-state index in [2.05, 4.69) is 53.7 Å². The maximum atomic E-state index is 2.39. The highest BCUT2D eigenvalue weighted by Crippen LogP contribution is 2.21. The van der Waals surface area contributed by atoms with Crippen LogP contribution in [-0.2, 0) is 0 Å². The highest BCUT2D eigenvalue weighted by Gasteiger charge is 2.12. The van der Waals surface area contributed by atoms with Crippen molar-refractivity contribution in [3.8, 4) is 0 Å². The first-order valence-corrected chi connectivity index (χ1v) is 5.67. The Morgan fingerprint density at radius 1 is 0.923 bits per heavy atom. The minimum Gasteiger partial charge on any atom is -0.0854 e. The molecule has 3 unspecified atom stereocenters. The molecule has 0 amide bonds. The summed E-state index contributed by atoms with van der Waals surface area (Å²) < 4.78 is 0. The molecule has 0 N–H and O–H groups in total. The molecule has 0 aromatic carbocycles. The molecule has 13 heavy (non-hydrogen) atoms. The third-order valence-electron chi connectivity index (χ3n) is 3.27. The zero-order chi connectivity index (χ0) is 10.4. The number of rotatable bonds is 5. The Kier molecular flexibility index (Phi) is 6.11. The van der Waals surface area contributed by atoms with Crippen LogP contribution in [0.5, 0.6) is 0 Å². The van der Waals surface area contributed by atoms with Crippen LogP contribution in [0.15, 0.2) is 12.2 Å². The lowest BCUT2D eigenvalue weighted by atomic mass is 9.85. The largest absolute Gasteiger partial charge is 0.0854 e. The van der Waals surface area contributed by atoms with Gasteiger partial charge in [-0.25, -0.2) is 0 Å². The lowest BCUT2D eigenvalue weighted by Crippen LogP contribution is -2.12. The van der Waals surface area contributed by atoms with Crippen LogP contribution in [0.2, 0.25) is 0 Å². The van der Waals surface area contributed by atoms with Gasteiger partial charge in [-0.1, -0.05) is 60.1 Å². The van der Waals surface area contributed by atoms with E-state index in [0.717, 1.165) is 17.8 Å². The Balaban J connectivity index is 3.98. The molecule has 78 valence electrons. The smallest absolute Gasteiger partial charge is 0.0234 e. The van der Waals surface area contributed by atoms with Crippen LogP contribution in [0, 0.1) is 23.7 Å². The van der Waals surface area contributed by atoms with Gasteiger partial charge in [0.25, 0.3) is 0 Å². The number of allylic oxidation sites excluding steroid dienone is 2. The van der Waals surface area contributed by atoms with Crippen molar-refractivity contribution in [1.29, 1.82) is 0 Å². The van der Waals surface area contributed by atoms with E-state index in [0.29, 0.717) is 5.92 Å². The van der Waals surface area contributed by atoms with Crippen molar-refractivity contribution >= 4 is 0 Å². The summed E-state index contributed by atoms with van der Waals surface area (Å²) in [6.07, 6.45) is 6.00. The summed E-state index contributed by atoms with van der Waals surface area (Å²) in [4.78, 5) is 0. The predicted molar refractivity (Wildman–Crippen MR) is 61.8 cm³/mol. The molecule has 0 rings (SSSR count). The van der Waals surface area contributed by atoms with Crippen LogP contribution in [0.25, 0.3) is 0 Å². The zero-order valence-corrected chi connectivity index (χ0v) is 10.2. The zero-order valence-electron chi connectivity index (χ0n) is 10.2. The van der Waals surface area contributed by atoms with E-state index in [1.165, 1.54) is 6.42 Å². The molecule has 0 heterocycles. The summed E-state index contributed by atoms with van der Waals surface area (Å²) in [6, 6.07) is 0. The molecule has 0 fully saturated rings. The van der Waals surface area contributed by atoms with E-state index in [1.54, 1.807) is 0 Å². The van der Waals surface area contributed by atoms with E-state index in [4.69, 9.17) is 0 Å². The summed E-state index contributed by atoms with van der Waals surface area (Å²) in [5.74, 6) is 3.03. The average molecular weight is 182 g/mol. The van der Waals surface area contributed by atoms with Gasteiger partial charge in [-0.2, -0.15) is 0 Å². The normalized spacial score (nSPS) is 19.3. The lowest BCUT2D eigenvalue weighted by molar-refractivity contribution is 0.341. The maximum absolute atomic E-state index is 2.39. The summed E-state index contributed by atoms with van der Waals surface area (Å²) in [5, 5.41) is 0. The molecule has 0 aliphatic rings. The van der Waals surface area contributed by atoms with Gasteiger partial charge in [-0.05, 0) is 23.7 Å². The average Bonchev–Trinajstić information content (AvgIpc) is 2.11. The highest BCUT2D eigenvalue weighted by molar-refractivity contribution is 4.91. The van der Waals surface area contributed by atoms with E-state index in [9.17, 15) is 0 Å². The second kappa shape index (κ2) is 6.23. The van der Waals surface area contributed by atoms with Crippen molar-refractivity contribution in [1.82, 2.24) is 0 Å². The standard InChI is InChI=1S/C13H26/c1-7-11(4)8-9-12(5)13(6)10(2)3/h8-13H,7H2,1-6H3. The van der Waals surface area contributed by atoms with Crippen molar-refractivity contribution in [3.63, 3.8) is 0 Å². The van der Waals surface area contributed by atoms with Crippen LogP contribution in [0.4, 0.5) is 0 Å². The van der Waals surface area contributed by atoms with Crippen LogP contribution in [0.3, 0.4) is 0 Å². The van der Waals surface area contributed by atoms with Crippen LogP contribution in [0.1, 0.15) is 48.0 Å². The number of hydrogen-bond acceptors (Lipinski definition) is 0. The molecular weight excluding hydrogens is 156 g/mol. The molecule has 0 aromatic heterocycles. The Hall–Kier alpha value is -0.260. The van der Waals surface area contributed by atoms with Gasteiger partial charge < -0.3 is 0 Å². The molecule has 0 radical (unpaired) electrons. The van der Waals surface area contributed by atoms with E-state index < -0.39 is 0 Å². The van der Waals surface area contributed by atoms with Gasteiger partial charge in [0.2, 0.25) is 0 Å². The molecule has 3 atom stereocenters. The molecule has 0 aliphatic carbocycles. The van der Waals surface area contributed by atoms with Gasteiger partial charge in [0.1, 0.15) is 0 Å². The fourth-order valence-electron chi connectivity index (χ4n) is 1.28. The topological polar surface area (TPSA) is 0 Å². The van der Waals surface area contributed by atoms with Crippen molar-refractivity contribution < 1.29 is 0 Å². The summed E-state index contributed by atoms with van der Waals surface area (Å²) in [7, 11) is 0. The lowest BCUT2D eigenvalue weighted by Gasteiger charge is -2.20. The SMILES string of the molecule is CCC(C)C=CC(C)C(C)C(C)C. The third kappa shape index (κ3) is 5.13. The Morgan fingerprint density at radius 3 is 1.85 bits per heavy atom. The van der Waals surface area contributed by atoms with Gasteiger partial charge in [0.05, 0.1) is 0 Å². The molecule has 0 heteroatoms. The fourth-order valence-corrected chi connectivity index (χ4v) is 1.28. The van der Waals surface area contributed by atoms with Crippen molar-refractivity contribution in [2.24, 2.45) is 23.7 Å². The molecule has 0 spiro atoms. The van der Waals surface area contributed by atoms with Crippen molar-refractivity contribution in [2.75, 3.05) is 0 Å². The van der Waals surface area contributed by atoms with Crippen molar-refractivity contribution in [2.45, 2.75) is 48.0 Å². The predicted octanol–water partition coefficient (Wildman–Crippen LogP) is 4.52. The molecule has 0 aromatic rings. The minimum atomic E-state index is 0.717. The minimum absolute atomic E-state index is 0.717. The molecule has 0 saturated carbocycles. The van der Waals surface area contributed by atoms with Crippen LogP contribution in [-0.4, -0.2) is 0 Å². The van der Waals surface area contributed by atoms with E-state index >= 15 is 0 Å². The van der Waals surface area contributed by atoms with Gasteiger partial charge in [0.15, 0.2) is 0 Å². The van der Waals surface area contributed by atoms with Gasteiger partial charge >= 0.3 is 0 Å². The number of hydrogen-bond donors (Lipinski definition) is 0. The highest BCUT2D eigenvalue weighted by atomic mass is 14.2. The van der Waals surface area contributed by atoms with Crippen molar-refractivity contribution in [3.05, 3.63) is 12.2 Å². The molecule has 0 saturated heterocycles. The second-order valence-corrected chi connectivity index (χ2v) is 4.73.